The van der Waals surface area contributed by atoms with Gasteiger partial charge in [0, 0.05) is 6.54 Å². The fourth-order valence-corrected chi connectivity index (χ4v) is 3.12. The summed E-state index contributed by atoms with van der Waals surface area (Å²) in [7, 11) is 0. The molecular weight excluding hydrogens is 270 g/mol. The molecule has 3 atom stereocenters. The fourth-order valence-electron chi connectivity index (χ4n) is 3.12. The van der Waals surface area contributed by atoms with E-state index in [2.05, 4.69) is 0 Å². The van der Waals surface area contributed by atoms with E-state index in [0.717, 1.165) is 5.56 Å². The smallest absolute Gasteiger partial charge is 0.307 e. The maximum absolute atomic E-state index is 12.7. The molecular formula is C16H19NO4. The predicted octanol–water partition coefficient (Wildman–Crippen LogP) is 1.70. The lowest BCUT2D eigenvalue weighted by molar-refractivity contribution is -0.161. The summed E-state index contributed by atoms with van der Waals surface area (Å²) in [6, 6.07) is 9.67. The second kappa shape index (κ2) is 5.85. The molecule has 3 rings (SSSR count). The number of amides is 1. The number of aliphatic carboxylic acids is 1. The van der Waals surface area contributed by atoms with Crippen LogP contribution in [-0.4, -0.2) is 41.6 Å². The lowest BCUT2D eigenvalue weighted by Crippen LogP contribution is -2.51. The van der Waals surface area contributed by atoms with E-state index in [4.69, 9.17) is 9.84 Å². The second-order valence-electron chi connectivity index (χ2n) is 5.66. The highest BCUT2D eigenvalue weighted by atomic mass is 16.5. The van der Waals surface area contributed by atoms with Crippen LogP contribution in [0.5, 0.6) is 0 Å². The minimum absolute atomic E-state index is 0.0363. The molecule has 0 spiro atoms. The van der Waals surface area contributed by atoms with E-state index in [1.165, 1.54) is 0 Å². The van der Waals surface area contributed by atoms with Gasteiger partial charge in [-0.3, -0.25) is 9.59 Å². The van der Waals surface area contributed by atoms with Crippen LogP contribution in [0.1, 0.15) is 24.4 Å². The lowest BCUT2D eigenvalue weighted by Gasteiger charge is -2.41. The Labute approximate surface area is 123 Å². The number of carbonyl (C=O) groups is 2. The largest absolute Gasteiger partial charge is 0.481 e. The average Bonchev–Trinajstić information content (AvgIpc) is 2.46. The Morgan fingerprint density at radius 3 is 2.48 bits per heavy atom. The van der Waals surface area contributed by atoms with Crippen LogP contribution < -0.4 is 0 Å². The first-order valence-corrected chi connectivity index (χ1v) is 7.34. The maximum Gasteiger partial charge on any atom is 0.307 e. The van der Waals surface area contributed by atoms with E-state index in [-0.39, 0.29) is 17.9 Å². The van der Waals surface area contributed by atoms with Gasteiger partial charge in [0.15, 0.2) is 0 Å². The summed E-state index contributed by atoms with van der Waals surface area (Å²) < 4.78 is 5.51. The van der Waals surface area contributed by atoms with Crippen LogP contribution in [0.3, 0.4) is 0 Å². The summed E-state index contributed by atoms with van der Waals surface area (Å²) in [4.78, 5) is 25.6. The van der Waals surface area contributed by atoms with Crippen LogP contribution in [0.2, 0.25) is 0 Å². The van der Waals surface area contributed by atoms with Gasteiger partial charge in [-0.1, -0.05) is 30.3 Å². The van der Waals surface area contributed by atoms with Crippen molar-refractivity contribution >= 4 is 11.9 Å². The molecule has 1 heterocycles. The topological polar surface area (TPSA) is 66.8 Å². The van der Waals surface area contributed by atoms with Crippen LogP contribution in [0.15, 0.2) is 30.3 Å². The molecule has 1 aromatic rings. The van der Waals surface area contributed by atoms with E-state index in [0.29, 0.717) is 32.6 Å². The van der Waals surface area contributed by atoms with Crippen molar-refractivity contribution in [1.29, 1.82) is 0 Å². The molecule has 3 unspecified atom stereocenters. The monoisotopic (exact) mass is 289 g/mol. The van der Waals surface area contributed by atoms with Gasteiger partial charge < -0.3 is 14.7 Å². The average molecular weight is 289 g/mol. The fraction of sp³-hybridized carbons (Fsp3) is 0.500. The van der Waals surface area contributed by atoms with Crippen molar-refractivity contribution in [2.24, 2.45) is 11.8 Å². The summed E-state index contributed by atoms with van der Waals surface area (Å²) in [6.45, 7) is 1.51. The maximum atomic E-state index is 12.7. The van der Waals surface area contributed by atoms with Gasteiger partial charge in [-0.05, 0) is 18.4 Å². The van der Waals surface area contributed by atoms with Gasteiger partial charge in [-0.25, -0.2) is 0 Å². The summed E-state index contributed by atoms with van der Waals surface area (Å²) in [6.07, 6.45) is 1.28. The second-order valence-corrected chi connectivity index (χ2v) is 5.66. The van der Waals surface area contributed by atoms with Gasteiger partial charge in [0.25, 0.3) is 0 Å². The molecule has 5 heteroatoms. The Morgan fingerprint density at radius 2 is 1.86 bits per heavy atom. The number of hydrogen-bond acceptors (Lipinski definition) is 3. The summed E-state index contributed by atoms with van der Waals surface area (Å²) in [5, 5.41) is 9.14. The lowest BCUT2D eigenvalue weighted by atomic mass is 9.72. The first-order chi connectivity index (χ1) is 10.2. The molecule has 21 heavy (non-hydrogen) atoms. The van der Waals surface area contributed by atoms with Crippen molar-refractivity contribution in [2.45, 2.75) is 18.9 Å². The molecule has 0 bridgehead atoms. The normalized spacial score (nSPS) is 28.8. The SMILES string of the molecule is O=C(O)C1CCC1C(=O)N1CCOCC1c1ccccc1. The van der Waals surface area contributed by atoms with E-state index in [1.54, 1.807) is 4.90 Å². The molecule has 112 valence electrons. The van der Waals surface area contributed by atoms with Crippen LogP contribution in [0, 0.1) is 11.8 Å². The predicted molar refractivity (Wildman–Crippen MR) is 75.6 cm³/mol. The number of carbonyl (C=O) groups excluding carboxylic acids is 1. The first-order valence-electron chi connectivity index (χ1n) is 7.34. The number of hydrogen-bond donors (Lipinski definition) is 1. The molecule has 5 nitrogen and oxygen atoms in total. The summed E-state index contributed by atoms with van der Waals surface area (Å²) >= 11 is 0. The highest BCUT2D eigenvalue weighted by Gasteiger charge is 2.45. The van der Waals surface area contributed by atoms with Gasteiger partial charge >= 0.3 is 5.97 Å². The number of carboxylic acid groups (broad SMARTS) is 1. The van der Waals surface area contributed by atoms with Crippen molar-refractivity contribution in [3.05, 3.63) is 35.9 Å². The number of morpholine rings is 1. The molecule has 0 radical (unpaired) electrons. The number of carboxylic acids is 1. The van der Waals surface area contributed by atoms with Crippen molar-refractivity contribution in [3.63, 3.8) is 0 Å². The van der Waals surface area contributed by atoms with Crippen molar-refractivity contribution in [1.82, 2.24) is 4.90 Å². The molecule has 1 aliphatic carbocycles. The van der Waals surface area contributed by atoms with Crippen LogP contribution >= 0.6 is 0 Å². The van der Waals surface area contributed by atoms with E-state index >= 15 is 0 Å². The quantitative estimate of drug-likeness (QED) is 0.919. The van der Waals surface area contributed by atoms with Crippen LogP contribution in [-0.2, 0) is 14.3 Å². The third kappa shape index (κ3) is 2.65. The van der Waals surface area contributed by atoms with Crippen molar-refractivity contribution in [2.75, 3.05) is 19.8 Å². The van der Waals surface area contributed by atoms with Crippen molar-refractivity contribution < 1.29 is 19.4 Å². The number of ether oxygens (including phenoxy) is 1. The minimum atomic E-state index is -0.857. The zero-order chi connectivity index (χ0) is 14.8. The van der Waals surface area contributed by atoms with Crippen LogP contribution in [0.4, 0.5) is 0 Å². The van der Waals surface area contributed by atoms with Crippen molar-refractivity contribution in [3.8, 4) is 0 Å². The molecule has 1 aliphatic heterocycles. The molecule has 1 aromatic carbocycles. The molecule has 1 saturated heterocycles. The standard InChI is InChI=1S/C16H19NO4/c18-15(12-6-7-13(12)16(19)20)17-8-9-21-10-14(17)11-4-2-1-3-5-11/h1-5,12-14H,6-10H2,(H,19,20). The minimum Gasteiger partial charge on any atom is -0.481 e. The molecule has 1 saturated carbocycles. The third-order valence-corrected chi connectivity index (χ3v) is 4.50. The van der Waals surface area contributed by atoms with Gasteiger partial charge in [0.1, 0.15) is 0 Å². The first kappa shape index (κ1) is 14.1. The van der Waals surface area contributed by atoms with E-state index < -0.39 is 11.9 Å². The highest BCUT2D eigenvalue weighted by Crippen LogP contribution is 2.38. The van der Waals surface area contributed by atoms with E-state index in [1.807, 2.05) is 30.3 Å². The third-order valence-electron chi connectivity index (χ3n) is 4.50. The van der Waals surface area contributed by atoms with Gasteiger partial charge in [0.2, 0.25) is 5.91 Å². The summed E-state index contributed by atoms with van der Waals surface area (Å²) in [5.74, 6) is -1.78. The Bertz CT molecular complexity index is 530. The molecule has 0 aromatic heterocycles. The molecule has 1 N–H and O–H groups in total. The molecule has 2 fully saturated rings. The Morgan fingerprint density at radius 1 is 1.14 bits per heavy atom. The zero-order valence-corrected chi connectivity index (χ0v) is 11.8. The molecule has 1 amide bonds. The Hall–Kier alpha value is -1.88. The Balaban J connectivity index is 1.78. The van der Waals surface area contributed by atoms with Gasteiger partial charge in [-0.2, -0.15) is 0 Å². The summed E-state index contributed by atoms with van der Waals surface area (Å²) in [5.41, 5.74) is 1.04. The zero-order valence-electron chi connectivity index (χ0n) is 11.8. The van der Waals surface area contributed by atoms with Crippen LogP contribution in [0.25, 0.3) is 0 Å². The number of nitrogens with zero attached hydrogens (tertiary/aromatic N) is 1. The number of benzene rings is 1. The van der Waals surface area contributed by atoms with Gasteiger partial charge in [-0.15, -0.1) is 0 Å². The van der Waals surface area contributed by atoms with E-state index in [9.17, 15) is 9.59 Å². The number of rotatable bonds is 3. The Kier molecular flexibility index (Phi) is 3.92. The molecule has 2 aliphatic rings. The highest BCUT2D eigenvalue weighted by molar-refractivity contribution is 5.86. The van der Waals surface area contributed by atoms with Gasteiger partial charge in [0.05, 0.1) is 31.1 Å².